The zero-order valence-corrected chi connectivity index (χ0v) is 10.3. The van der Waals surface area contributed by atoms with E-state index in [0.717, 1.165) is 5.56 Å². The molecule has 1 aromatic rings. The van der Waals surface area contributed by atoms with Gasteiger partial charge in [0.2, 0.25) is 0 Å². The van der Waals surface area contributed by atoms with E-state index >= 15 is 0 Å². The Kier molecular flexibility index (Phi) is 4.63. The minimum Gasteiger partial charge on any atom is -0.493 e. The number of methoxy groups -OCH3 is 1. The molecule has 0 aromatic heterocycles. The van der Waals surface area contributed by atoms with E-state index in [1.165, 1.54) is 0 Å². The Balaban J connectivity index is 2.69. The Hall–Kier alpha value is -1.91. The molecule has 0 aliphatic heterocycles. The van der Waals surface area contributed by atoms with Gasteiger partial charge in [0.1, 0.15) is 5.84 Å². The van der Waals surface area contributed by atoms with Crippen LogP contribution in [0.25, 0.3) is 0 Å². The fourth-order valence-electron chi connectivity index (χ4n) is 1.29. The Morgan fingerprint density at radius 2 is 2.18 bits per heavy atom. The van der Waals surface area contributed by atoms with Gasteiger partial charge in [-0.15, -0.1) is 0 Å². The Morgan fingerprint density at radius 3 is 2.76 bits per heavy atom. The van der Waals surface area contributed by atoms with E-state index in [2.05, 4.69) is 5.16 Å². The van der Waals surface area contributed by atoms with Crippen LogP contribution < -0.4 is 15.2 Å². The standard InChI is InChI=1S/C12H18N2O3/c1-8-4-5-10(11(6-8)16-3)17-7-9(2)12(13)14-15/h4-6,9,15H,7H2,1-3H3,(H2,13,14). The van der Waals surface area contributed by atoms with Crippen molar-refractivity contribution in [1.82, 2.24) is 0 Å². The molecular formula is C12H18N2O3. The molecule has 0 saturated heterocycles. The van der Waals surface area contributed by atoms with Crippen molar-refractivity contribution in [2.45, 2.75) is 13.8 Å². The van der Waals surface area contributed by atoms with Crippen LogP contribution in [0.1, 0.15) is 12.5 Å². The molecule has 0 radical (unpaired) electrons. The van der Waals surface area contributed by atoms with Gasteiger partial charge in [-0.2, -0.15) is 0 Å². The number of oxime groups is 1. The number of nitrogens with zero attached hydrogens (tertiary/aromatic N) is 1. The molecule has 5 nitrogen and oxygen atoms in total. The van der Waals surface area contributed by atoms with Crippen molar-refractivity contribution in [2.75, 3.05) is 13.7 Å². The Morgan fingerprint density at radius 1 is 1.47 bits per heavy atom. The third kappa shape index (κ3) is 3.55. The fraction of sp³-hybridized carbons (Fsp3) is 0.417. The number of hydrogen-bond acceptors (Lipinski definition) is 4. The lowest BCUT2D eigenvalue weighted by atomic mass is 10.2. The van der Waals surface area contributed by atoms with Crippen LogP contribution in [0.15, 0.2) is 23.4 Å². The van der Waals surface area contributed by atoms with Crippen molar-refractivity contribution in [1.29, 1.82) is 0 Å². The number of benzene rings is 1. The van der Waals surface area contributed by atoms with Gasteiger partial charge < -0.3 is 20.4 Å². The smallest absolute Gasteiger partial charge is 0.161 e. The summed E-state index contributed by atoms with van der Waals surface area (Å²) < 4.78 is 10.8. The van der Waals surface area contributed by atoms with Gasteiger partial charge in [-0.3, -0.25) is 0 Å². The first-order chi connectivity index (χ1) is 8.08. The Labute approximate surface area is 101 Å². The van der Waals surface area contributed by atoms with E-state index in [9.17, 15) is 0 Å². The lowest BCUT2D eigenvalue weighted by Gasteiger charge is -2.14. The summed E-state index contributed by atoms with van der Waals surface area (Å²) in [7, 11) is 1.59. The molecule has 0 aliphatic rings. The first-order valence-corrected chi connectivity index (χ1v) is 5.33. The maximum Gasteiger partial charge on any atom is 0.161 e. The van der Waals surface area contributed by atoms with E-state index in [1.54, 1.807) is 7.11 Å². The molecule has 1 rings (SSSR count). The van der Waals surface area contributed by atoms with Crippen molar-refractivity contribution in [2.24, 2.45) is 16.8 Å². The molecule has 17 heavy (non-hydrogen) atoms. The van der Waals surface area contributed by atoms with Crippen LogP contribution in [0.3, 0.4) is 0 Å². The van der Waals surface area contributed by atoms with E-state index in [1.807, 2.05) is 32.0 Å². The SMILES string of the molecule is COc1cc(C)ccc1OCC(C)/C(N)=N/O. The number of nitrogens with two attached hydrogens (primary N) is 1. The highest BCUT2D eigenvalue weighted by Gasteiger charge is 2.10. The van der Waals surface area contributed by atoms with Crippen LogP contribution in [0.4, 0.5) is 0 Å². The normalized spacial score (nSPS) is 13.2. The van der Waals surface area contributed by atoms with Crippen molar-refractivity contribution < 1.29 is 14.7 Å². The molecule has 3 N–H and O–H groups in total. The number of amidine groups is 1. The molecule has 0 bridgehead atoms. The second-order valence-electron chi connectivity index (χ2n) is 3.89. The van der Waals surface area contributed by atoms with Gasteiger partial charge in [0.25, 0.3) is 0 Å². The molecule has 94 valence electrons. The summed E-state index contributed by atoms with van der Waals surface area (Å²) >= 11 is 0. The third-order valence-electron chi connectivity index (χ3n) is 2.43. The van der Waals surface area contributed by atoms with Gasteiger partial charge in [-0.25, -0.2) is 0 Å². The highest BCUT2D eigenvalue weighted by atomic mass is 16.5. The summed E-state index contributed by atoms with van der Waals surface area (Å²) in [5.74, 6) is 1.31. The molecule has 0 spiro atoms. The van der Waals surface area contributed by atoms with Crippen LogP contribution in [-0.4, -0.2) is 24.8 Å². The summed E-state index contributed by atoms with van der Waals surface area (Å²) in [6.07, 6.45) is 0. The average molecular weight is 238 g/mol. The molecule has 1 aromatic carbocycles. The minimum absolute atomic E-state index is 0.149. The van der Waals surface area contributed by atoms with Crippen LogP contribution in [0.2, 0.25) is 0 Å². The molecule has 5 heteroatoms. The second-order valence-corrected chi connectivity index (χ2v) is 3.89. The second kappa shape index (κ2) is 5.98. The lowest BCUT2D eigenvalue weighted by Crippen LogP contribution is -2.26. The number of hydrogen-bond donors (Lipinski definition) is 2. The largest absolute Gasteiger partial charge is 0.493 e. The summed E-state index contributed by atoms with van der Waals surface area (Å²) in [5.41, 5.74) is 6.56. The van der Waals surface area contributed by atoms with Crippen molar-refractivity contribution in [3.63, 3.8) is 0 Å². The highest BCUT2D eigenvalue weighted by molar-refractivity contribution is 5.81. The molecule has 0 heterocycles. The molecule has 0 amide bonds. The van der Waals surface area contributed by atoms with Crippen LogP contribution in [-0.2, 0) is 0 Å². The molecule has 0 fully saturated rings. The van der Waals surface area contributed by atoms with Crippen molar-refractivity contribution >= 4 is 5.84 Å². The number of ether oxygens (including phenoxy) is 2. The monoisotopic (exact) mass is 238 g/mol. The molecule has 0 aliphatic carbocycles. The van der Waals surface area contributed by atoms with Gasteiger partial charge in [-0.1, -0.05) is 18.1 Å². The van der Waals surface area contributed by atoms with Gasteiger partial charge in [0, 0.05) is 0 Å². The van der Waals surface area contributed by atoms with Gasteiger partial charge in [0.15, 0.2) is 11.5 Å². The zero-order chi connectivity index (χ0) is 12.8. The van der Waals surface area contributed by atoms with Crippen molar-refractivity contribution in [3.05, 3.63) is 23.8 Å². The summed E-state index contributed by atoms with van der Waals surface area (Å²) in [4.78, 5) is 0. The molecule has 1 atom stereocenters. The Bertz CT molecular complexity index is 405. The average Bonchev–Trinajstić information content (AvgIpc) is 2.35. The first kappa shape index (κ1) is 13.2. The summed E-state index contributed by atoms with van der Waals surface area (Å²) in [6.45, 7) is 4.12. The van der Waals surface area contributed by atoms with Crippen LogP contribution >= 0.6 is 0 Å². The molecule has 0 saturated carbocycles. The zero-order valence-electron chi connectivity index (χ0n) is 10.3. The van der Waals surface area contributed by atoms with Crippen molar-refractivity contribution in [3.8, 4) is 11.5 Å². The van der Waals surface area contributed by atoms with Crippen LogP contribution in [0.5, 0.6) is 11.5 Å². The first-order valence-electron chi connectivity index (χ1n) is 5.33. The van der Waals surface area contributed by atoms with Gasteiger partial charge >= 0.3 is 0 Å². The van der Waals surface area contributed by atoms with Gasteiger partial charge in [0.05, 0.1) is 19.6 Å². The van der Waals surface area contributed by atoms with E-state index in [4.69, 9.17) is 20.4 Å². The minimum atomic E-state index is -0.161. The molecule has 1 unspecified atom stereocenters. The molecular weight excluding hydrogens is 220 g/mol. The summed E-state index contributed by atoms with van der Waals surface area (Å²) in [5, 5.41) is 11.5. The predicted molar refractivity (Wildman–Crippen MR) is 65.8 cm³/mol. The maximum atomic E-state index is 8.52. The maximum absolute atomic E-state index is 8.52. The lowest BCUT2D eigenvalue weighted by molar-refractivity contribution is 0.266. The van der Waals surface area contributed by atoms with Gasteiger partial charge in [-0.05, 0) is 24.6 Å². The quantitative estimate of drug-likeness (QED) is 0.354. The number of rotatable bonds is 5. The van der Waals surface area contributed by atoms with E-state index in [-0.39, 0.29) is 11.8 Å². The third-order valence-corrected chi connectivity index (χ3v) is 2.43. The van der Waals surface area contributed by atoms with Crippen LogP contribution in [0, 0.1) is 12.8 Å². The fourth-order valence-corrected chi connectivity index (χ4v) is 1.29. The highest BCUT2D eigenvalue weighted by Crippen LogP contribution is 2.28. The number of aryl methyl sites for hydroxylation is 1. The van der Waals surface area contributed by atoms with E-state index in [0.29, 0.717) is 18.1 Å². The predicted octanol–water partition coefficient (Wildman–Crippen LogP) is 1.76. The summed E-state index contributed by atoms with van der Waals surface area (Å²) in [6, 6.07) is 5.67. The topological polar surface area (TPSA) is 77.1 Å². The van der Waals surface area contributed by atoms with E-state index < -0.39 is 0 Å².